The van der Waals surface area contributed by atoms with Crippen molar-refractivity contribution in [2.45, 2.75) is 27.4 Å². The SMILES string of the molecule is CC.CC(COc1ccccc1)C(=O)n1nc(N)c2ccc(CO)cc21. The summed E-state index contributed by atoms with van der Waals surface area (Å²) in [5.41, 5.74) is 7.19. The van der Waals surface area contributed by atoms with Crippen LogP contribution < -0.4 is 10.5 Å². The third-order valence-corrected chi connectivity index (χ3v) is 3.83. The van der Waals surface area contributed by atoms with Gasteiger partial charge in [-0.1, -0.05) is 45.0 Å². The highest BCUT2D eigenvalue weighted by atomic mass is 16.5. The number of anilines is 1. The third-order valence-electron chi connectivity index (χ3n) is 3.83. The number of ether oxygens (including phenoxy) is 1. The van der Waals surface area contributed by atoms with Gasteiger partial charge >= 0.3 is 0 Å². The first kappa shape index (κ1) is 19.5. The molecule has 138 valence electrons. The van der Waals surface area contributed by atoms with Crippen molar-refractivity contribution in [1.82, 2.24) is 9.78 Å². The molecule has 6 nitrogen and oxygen atoms in total. The van der Waals surface area contributed by atoms with Gasteiger partial charge in [0.2, 0.25) is 0 Å². The van der Waals surface area contributed by atoms with E-state index in [2.05, 4.69) is 5.10 Å². The van der Waals surface area contributed by atoms with Gasteiger partial charge in [0, 0.05) is 5.39 Å². The van der Waals surface area contributed by atoms with Crippen LogP contribution in [0.2, 0.25) is 0 Å². The Kier molecular flexibility index (Phi) is 6.74. The van der Waals surface area contributed by atoms with E-state index >= 15 is 0 Å². The Morgan fingerprint density at radius 1 is 1.23 bits per heavy atom. The van der Waals surface area contributed by atoms with Crippen molar-refractivity contribution in [3.8, 4) is 5.75 Å². The number of hydrogen-bond donors (Lipinski definition) is 2. The van der Waals surface area contributed by atoms with Crippen molar-refractivity contribution in [2.75, 3.05) is 12.3 Å². The first-order valence-corrected chi connectivity index (χ1v) is 8.70. The number of rotatable bonds is 5. The molecule has 0 amide bonds. The minimum Gasteiger partial charge on any atom is -0.493 e. The van der Waals surface area contributed by atoms with Gasteiger partial charge in [0.25, 0.3) is 5.91 Å². The lowest BCUT2D eigenvalue weighted by atomic mass is 10.1. The van der Waals surface area contributed by atoms with Crippen LogP contribution in [0.3, 0.4) is 0 Å². The molecule has 0 aliphatic rings. The maximum Gasteiger partial charge on any atom is 0.253 e. The Labute approximate surface area is 153 Å². The molecule has 0 aliphatic carbocycles. The van der Waals surface area contributed by atoms with E-state index in [1.807, 2.05) is 44.2 Å². The molecule has 0 aliphatic heterocycles. The summed E-state index contributed by atoms with van der Waals surface area (Å²) >= 11 is 0. The maximum absolute atomic E-state index is 12.7. The highest BCUT2D eigenvalue weighted by molar-refractivity contribution is 5.97. The molecule has 0 spiro atoms. The molecule has 0 saturated carbocycles. The first-order chi connectivity index (χ1) is 12.6. The average molecular weight is 355 g/mol. The van der Waals surface area contributed by atoms with Gasteiger partial charge in [0.05, 0.1) is 24.6 Å². The van der Waals surface area contributed by atoms with Crippen LogP contribution in [0.5, 0.6) is 5.75 Å². The summed E-state index contributed by atoms with van der Waals surface area (Å²) in [5.74, 6) is 0.400. The molecule has 26 heavy (non-hydrogen) atoms. The Hall–Kier alpha value is -2.86. The van der Waals surface area contributed by atoms with Crippen LogP contribution in [0.25, 0.3) is 10.9 Å². The molecule has 3 aromatic rings. The van der Waals surface area contributed by atoms with Crippen LogP contribution >= 0.6 is 0 Å². The van der Waals surface area contributed by atoms with Gasteiger partial charge < -0.3 is 15.6 Å². The molecule has 1 heterocycles. The standard InChI is InChI=1S/C18H19N3O3.C2H6/c1-12(11-24-14-5-3-2-4-6-14)18(23)21-16-9-13(10-22)7-8-15(16)17(19)20-21;1-2/h2-9,12,22H,10-11H2,1H3,(H2,19,20);1-2H3. The summed E-state index contributed by atoms with van der Waals surface area (Å²) in [7, 11) is 0. The van der Waals surface area contributed by atoms with Crippen LogP contribution in [0.4, 0.5) is 5.82 Å². The largest absolute Gasteiger partial charge is 0.493 e. The van der Waals surface area contributed by atoms with Crippen molar-refractivity contribution in [3.63, 3.8) is 0 Å². The van der Waals surface area contributed by atoms with Crippen LogP contribution in [0.15, 0.2) is 48.5 Å². The number of aliphatic hydroxyl groups excluding tert-OH is 1. The van der Waals surface area contributed by atoms with Gasteiger partial charge in [0.1, 0.15) is 5.75 Å². The predicted octanol–water partition coefficient (Wildman–Crippen LogP) is 3.49. The van der Waals surface area contributed by atoms with Crippen molar-refractivity contribution in [2.24, 2.45) is 5.92 Å². The zero-order valence-electron chi connectivity index (χ0n) is 15.3. The number of nitrogens with zero attached hydrogens (tertiary/aromatic N) is 2. The molecule has 6 heteroatoms. The van der Waals surface area contributed by atoms with Crippen molar-refractivity contribution < 1.29 is 14.6 Å². The lowest BCUT2D eigenvalue weighted by Crippen LogP contribution is -2.25. The minimum absolute atomic E-state index is 0.109. The molecular formula is C20H25N3O3. The summed E-state index contributed by atoms with van der Waals surface area (Å²) in [5, 5.41) is 14.1. The number of para-hydroxylation sites is 1. The highest BCUT2D eigenvalue weighted by Gasteiger charge is 2.21. The number of hydrogen-bond acceptors (Lipinski definition) is 5. The van der Waals surface area contributed by atoms with E-state index < -0.39 is 5.92 Å². The topological polar surface area (TPSA) is 90.4 Å². The number of nitrogen functional groups attached to an aromatic ring is 1. The number of aliphatic hydroxyl groups is 1. The molecule has 0 radical (unpaired) electrons. The van der Waals surface area contributed by atoms with Gasteiger partial charge in [-0.25, -0.2) is 0 Å². The lowest BCUT2D eigenvalue weighted by molar-refractivity contribution is 0.0791. The molecule has 3 N–H and O–H groups in total. The number of nitrogens with two attached hydrogens (primary N) is 1. The van der Waals surface area contributed by atoms with E-state index in [9.17, 15) is 9.90 Å². The summed E-state index contributed by atoms with van der Waals surface area (Å²) < 4.78 is 6.94. The van der Waals surface area contributed by atoms with Crippen LogP contribution in [-0.4, -0.2) is 27.4 Å². The van der Waals surface area contributed by atoms with E-state index in [0.29, 0.717) is 28.0 Å². The molecule has 3 rings (SSSR count). The number of carbonyl (C=O) groups is 1. The fraction of sp³-hybridized carbons (Fsp3) is 0.300. The second-order valence-corrected chi connectivity index (χ2v) is 5.67. The maximum atomic E-state index is 12.7. The zero-order valence-corrected chi connectivity index (χ0v) is 15.3. The van der Waals surface area contributed by atoms with Gasteiger partial charge in [0.15, 0.2) is 5.82 Å². The van der Waals surface area contributed by atoms with Gasteiger partial charge in [-0.2, -0.15) is 4.68 Å². The molecular weight excluding hydrogens is 330 g/mol. The predicted molar refractivity (Wildman–Crippen MR) is 103 cm³/mol. The fourth-order valence-corrected chi connectivity index (χ4v) is 2.47. The number of fused-ring (bicyclic) bond motifs is 1. The fourth-order valence-electron chi connectivity index (χ4n) is 2.47. The normalized spacial score (nSPS) is 11.5. The second kappa shape index (κ2) is 9.01. The first-order valence-electron chi connectivity index (χ1n) is 8.70. The van der Waals surface area contributed by atoms with E-state index in [1.165, 1.54) is 4.68 Å². The Morgan fingerprint density at radius 3 is 2.58 bits per heavy atom. The quantitative estimate of drug-likeness (QED) is 0.731. The van der Waals surface area contributed by atoms with E-state index in [4.69, 9.17) is 10.5 Å². The molecule has 1 unspecified atom stereocenters. The number of carbonyl (C=O) groups excluding carboxylic acids is 1. The monoisotopic (exact) mass is 355 g/mol. The highest BCUT2D eigenvalue weighted by Crippen LogP contribution is 2.23. The molecule has 1 atom stereocenters. The van der Waals surface area contributed by atoms with E-state index in [0.717, 1.165) is 0 Å². The molecule has 0 saturated heterocycles. The Morgan fingerprint density at radius 2 is 1.92 bits per heavy atom. The summed E-state index contributed by atoms with van der Waals surface area (Å²) in [6.07, 6.45) is 0. The van der Waals surface area contributed by atoms with Crippen LogP contribution in [-0.2, 0) is 6.61 Å². The zero-order chi connectivity index (χ0) is 19.1. The molecule has 0 fully saturated rings. The number of aromatic nitrogens is 2. The smallest absolute Gasteiger partial charge is 0.253 e. The van der Waals surface area contributed by atoms with Gasteiger partial charge in [-0.3, -0.25) is 4.79 Å². The van der Waals surface area contributed by atoms with E-state index in [-0.39, 0.29) is 19.1 Å². The molecule has 0 bridgehead atoms. The second-order valence-electron chi connectivity index (χ2n) is 5.67. The number of benzene rings is 2. The third kappa shape index (κ3) is 4.21. The van der Waals surface area contributed by atoms with Gasteiger partial charge in [-0.05, 0) is 29.8 Å². The average Bonchev–Trinajstić information content (AvgIpc) is 3.03. The lowest BCUT2D eigenvalue weighted by Gasteiger charge is -2.12. The molecule has 1 aromatic heterocycles. The minimum atomic E-state index is -0.398. The molecule has 2 aromatic carbocycles. The summed E-state index contributed by atoms with van der Waals surface area (Å²) in [6, 6.07) is 14.6. The Bertz CT molecular complexity index is 859. The van der Waals surface area contributed by atoms with Crippen molar-refractivity contribution in [1.29, 1.82) is 0 Å². The summed E-state index contributed by atoms with van der Waals surface area (Å²) in [4.78, 5) is 12.7. The van der Waals surface area contributed by atoms with Crippen LogP contribution in [0, 0.1) is 5.92 Å². The summed E-state index contributed by atoms with van der Waals surface area (Å²) in [6.45, 7) is 5.91. The van der Waals surface area contributed by atoms with Crippen molar-refractivity contribution >= 4 is 22.6 Å². The van der Waals surface area contributed by atoms with Crippen LogP contribution in [0.1, 0.15) is 31.1 Å². The van der Waals surface area contributed by atoms with E-state index in [1.54, 1.807) is 25.1 Å². The van der Waals surface area contributed by atoms with Gasteiger partial charge in [-0.15, -0.1) is 5.10 Å². The van der Waals surface area contributed by atoms with Crippen molar-refractivity contribution in [3.05, 3.63) is 54.1 Å². The Balaban J connectivity index is 0.00000117.